The lowest BCUT2D eigenvalue weighted by Gasteiger charge is -2.24. The fourth-order valence-corrected chi connectivity index (χ4v) is 2.50. The van der Waals surface area contributed by atoms with Gasteiger partial charge in [0.1, 0.15) is 6.04 Å². The molecule has 0 saturated carbocycles. The van der Waals surface area contributed by atoms with Gasteiger partial charge in [0.15, 0.2) is 0 Å². The van der Waals surface area contributed by atoms with Crippen LogP contribution in [0, 0.1) is 5.92 Å². The van der Waals surface area contributed by atoms with Gasteiger partial charge in [-0.3, -0.25) is 9.59 Å². The maximum absolute atomic E-state index is 11.9. The van der Waals surface area contributed by atoms with Crippen LogP contribution in [0.1, 0.15) is 12.0 Å². The minimum Gasteiger partial charge on any atom is -0.481 e. The number of carbonyl (C=O) groups is 3. The molecule has 7 heteroatoms. The molecule has 0 bridgehead atoms. The SMILES string of the molecule is O=C(O)C1CC(=O)N(C(Cc2ccc(Cl)cc2)C(=O)O)C1. The second-order valence-corrected chi connectivity index (χ2v) is 5.41. The number of aliphatic carboxylic acids is 2. The monoisotopic (exact) mass is 311 g/mol. The Kier molecular flexibility index (Phi) is 4.47. The Morgan fingerprint density at radius 1 is 1.29 bits per heavy atom. The van der Waals surface area contributed by atoms with E-state index in [1.807, 2.05) is 0 Å². The maximum Gasteiger partial charge on any atom is 0.326 e. The van der Waals surface area contributed by atoms with Gasteiger partial charge in [0.25, 0.3) is 0 Å². The molecule has 1 amide bonds. The molecule has 1 heterocycles. The van der Waals surface area contributed by atoms with Crippen LogP contribution in [0.5, 0.6) is 0 Å². The largest absolute Gasteiger partial charge is 0.481 e. The highest BCUT2D eigenvalue weighted by molar-refractivity contribution is 6.30. The first kappa shape index (κ1) is 15.3. The lowest BCUT2D eigenvalue weighted by Crippen LogP contribution is -2.44. The van der Waals surface area contributed by atoms with Crippen LogP contribution >= 0.6 is 11.6 Å². The second-order valence-electron chi connectivity index (χ2n) is 4.97. The predicted molar refractivity (Wildman–Crippen MR) is 74.0 cm³/mol. The van der Waals surface area contributed by atoms with Gasteiger partial charge < -0.3 is 15.1 Å². The van der Waals surface area contributed by atoms with E-state index in [0.29, 0.717) is 5.02 Å². The number of rotatable bonds is 5. The number of carboxylic acid groups (broad SMARTS) is 2. The Labute approximate surface area is 125 Å². The molecule has 21 heavy (non-hydrogen) atoms. The van der Waals surface area contributed by atoms with Gasteiger partial charge >= 0.3 is 11.9 Å². The average Bonchev–Trinajstić information content (AvgIpc) is 2.80. The first-order valence-corrected chi connectivity index (χ1v) is 6.76. The molecule has 2 atom stereocenters. The van der Waals surface area contributed by atoms with E-state index in [4.69, 9.17) is 16.7 Å². The third kappa shape index (κ3) is 3.52. The van der Waals surface area contributed by atoms with Crippen LogP contribution in [0.3, 0.4) is 0 Å². The number of hydrogen-bond acceptors (Lipinski definition) is 3. The van der Waals surface area contributed by atoms with Crippen molar-refractivity contribution in [1.29, 1.82) is 0 Å². The normalized spacial score (nSPS) is 19.6. The van der Waals surface area contributed by atoms with E-state index in [-0.39, 0.29) is 19.4 Å². The highest BCUT2D eigenvalue weighted by atomic mass is 35.5. The van der Waals surface area contributed by atoms with Gasteiger partial charge in [-0.2, -0.15) is 0 Å². The summed E-state index contributed by atoms with van der Waals surface area (Å²) < 4.78 is 0. The number of carbonyl (C=O) groups excluding carboxylic acids is 1. The molecule has 0 spiro atoms. The third-order valence-electron chi connectivity index (χ3n) is 3.51. The van der Waals surface area contributed by atoms with Crippen molar-refractivity contribution in [2.24, 2.45) is 5.92 Å². The standard InChI is InChI=1S/C14H14ClNO5/c15-10-3-1-8(2-4-10)5-11(14(20)21)16-7-9(13(18)19)6-12(16)17/h1-4,9,11H,5-7H2,(H,18,19)(H,20,21). The summed E-state index contributed by atoms with van der Waals surface area (Å²) in [6.07, 6.45) is -0.0374. The van der Waals surface area contributed by atoms with Gasteiger partial charge in [0.05, 0.1) is 5.92 Å². The van der Waals surface area contributed by atoms with Gasteiger partial charge in [-0.1, -0.05) is 23.7 Å². The molecule has 1 aromatic carbocycles. The van der Waals surface area contributed by atoms with Crippen LogP contribution in [0.15, 0.2) is 24.3 Å². The smallest absolute Gasteiger partial charge is 0.326 e. The molecule has 0 radical (unpaired) electrons. The highest BCUT2D eigenvalue weighted by Gasteiger charge is 2.40. The summed E-state index contributed by atoms with van der Waals surface area (Å²) in [5.41, 5.74) is 0.721. The van der Waals surface area contributed by atoms with E-state index in [1.165, 1.54) is 0 Å². The second kappa shape index (κ2) is 6.13. The molecule has 2 rings (SSSR count). The van der Waals surface area contributed by atoms with Crippen molar-refractivity contribution in [1.82, 2.24) is 4.90 Å². The van der Waals surface area contributed by atoms with Crippen LogP contribution < -0.4 is 0 Å². The molecule has 0 aliphatic carbocycles. The van der Waals surface area contributed by atoms with Crippen LogP contribution in [0.4, 0.5) is 0 Å². The summed E-state index contributed by atoms with van der Waals surface area (Å²) in [7, 11) is 0. The fourth-order valence-electron chi connectivity index (χ4n) is 2.37. The Morgan fingerprint density at radius 2 is 1.90 bits per heavy atom. The minimum atomic E-state index is -1.15. The summed E-state index contributed by atoms with van der Waals surface area (Å²) in [5.74, 6) is -3.51. The number of hydrogen-bond donors (Lipinski definition) is 2. The zero-order chi connectivity index (χ0) is 15.6. The molecule has 1 aliphatic heterocycles. The summed E-state index contributed by atoms with van der Waals surface area (Å²) in [6, 6.07) is 5.59. The first-order valence-electron chi connectivity index (χ1n) is 6.38. The van der Waals surface area contributed by atoms with Gasteiger partial charge in [0.2, 0.25) is 5.91 Å². The van der Waals surface area contributed by atoms with Crippen molar-refractivity contribution in [2.75, 3.05) is 6.54 Å². The summed E-state index contributed by atoms with van der Waals surface area (Å²) >= 11 is 5.77. The van der Waals surface area contributed by atoms with Gasteiger partial charge in [0, 0.05) is 24.4 Å². The molecular weight excluding hydrogens is 298 g/mol. The van der Waals surface area contributed by atoms with E-state index in [2.05, 4.69) is 0 Å². The Hall–Kier alpha value is -2.08. The van der Waals surface area contributed by atoms with Crippen LogP contribution in [0.25, 0.3) is 0 Å². The number of benzene rings is 1. The lowest BCUT2D eigenvalue weighted by molar-refractivity contribution is -0.148. The lowest BCUT2D eigenvalue weighted by atomic mass is 10.0. The number of carboxylic acids is 2. The molecule has 2 unspecified atom stereocenters. The maximum atomic E-state index is 11.9. The van der Waals surface area contributed by atoms with E-state index in [1.54, 1.807) is 24.3 Å². The molecule has 1 saturated heterocycles. The zero-order valence-electron chi connectivity index (χ0n) is 11.0. The Balaban J connectivity index is 2.16. The van der Waals surface area contributed by atoms with Crippen LogP contribution in [0.2, 0.25) is 5.02 Å². The van der Waals surface area contributed by atoms with Gasteiger partial charge in [-0.05, 0) is 17.7 Å². The van der Waals surface area contributed by atoms with Gasteiger partial charge in [-0.25, -0.2) is 4.79 Å². The Morgan fingerprint density at radius 3 is 2.38 bits per heavy atom. The molecule has 2 N–H and O–H groups in total. The fraction of sp³-hybridized carbons (Fsp3) is 0.357. The summed E-state index contributed by atoms with van der Waals surface area (Å²) in [5, 5.41) is 18.8. The topological polar surface area (TPSA) is 94.9 Å². The zero-order valence-corrected chi connectivity index (χ0v) is 11.8. The van der Waals surface area contributed by atoms with Crippen molar-refractivity contribution >= 4 is 29.4 Å². The number of likely N-dealkylation sites (tertiary alicyclic amines) is 1. The van der Waals surface area contributed by atoms with E-state index < -0.39 is 29.8 Å². The van der Waals surface area contributed by atoms with Crippen LogP contribution in [-0.2, 0) is 20.8 Å². The van der Waals surface area contributed by atoms with Crippen molar-refractivity contribution in [3.05, 3.63) is 34.9 Å². The quantitative estimate of drug-likeness (QED) is 0.854. The Bertz CT molecular complexity index is 571. The molecule has 112 valence electrons. The van der Waals surface area contributed by atoms with Crippen molar-refractivity contribution in [3.63, 3.8) is 0 Å². The molecule has 1 aromatic rings. The van der Waals surface area contributed by atoms with E-state index in [0.717, 1.165) is 10.5 Å². The summed E-state index contributed by atoms with van der Waals surface area (Å²) in [6.45, 7) is -0.0707. The number of amides is 1. The molecule has 6 nitrogen and oxygen atoms in total. The van der Waals surface area contributed by atoms with Gasteiger partial charge in [-0.15, -0.1) is 0 Å². The molecule has 1 aliphatic rings. The first-order chi connectivity index (χ1) is 9.88. The number of nitrogens with zero attached hydrogens (tertiary/aromatic N) is 1. The van der Waals surface area contributed by atoms with Crippen molar-refractivity contribution < 1.29 is 24.6 Å². The molecular formula is C14H14ClNO5. The molecule has 1 fully saturated rings. The van der Waals surface area contributed by atoms with Crippen molar-refractivity contribution in [3.8, 4) is 0 Å². The highest BCUT2D eigenvalue weighted by Crippen LogP contribution is 2.23. The molecule has 0 aromatic heterocycles. The predicted octanol–water partition coefficient (Wildman–Crippen LogP) is 1.27. The van der Waals surface area contributed by atoms with E-state index >= 15 is 0 Å². The minimum absolute atomic E-state index is 0.0707. The van der Waals surface area contributed by atoms with Crippen LogP contribution in [-0.4, -0.2) is 45.5 Å². The van der Waals surface area contributed by atoms with Crippen molar-refractivity contribution in [2.45, 2.75) is 18.9 Å². The summed E-state index contributed by atoms with van der Waals surface area (Å²) in [4.78, 5) is 35.3. The third-order valence-corrected chi connectivity index (χ3v) is 3.76. The average molecular weight is 312 g/mol. The van der Waals surface area contributed by atoms with E-state index in [9.17, 15) is 19.5 Å². The number of halogens is 1.